The molecular weight excluding hydrogens is 278 g/mol. The number of nitrogens with zero attached hydrogens (tertiary/aromatic N) is 3. The van der Waals surface area contributed by atoms with E-state index < -0.39 is 6.10 Å². The summed E-state index contributed by atoms with van der Waals surface area (Å²) in [5, 5.41) is 11.2. The summed E-state index contributed by atoms with van der Waals surface area (Å²) in [5.74, 6) is 0.698. The van der Waals surface area contributed by atoms with E-state index in [9.17, 15) is 5.11 Å². The van der Waals surface area contributed by atoms with Gasteiger partial charge in [0.25, 0.3) is 0 Å². The van der Waals surface area contributed by atoms with Crippen LogP contribution in [0.15, 0.2) is 30.5 Å². The van der Waals surface area contributed by atoms with Crippen LogP contribution in [0.25, 0.3) is 21.9 Å². The summed E-state index contributed by atoms with van der Waals surface area (Å²) in [6, 6.07) is 8.29. The molecule has 1 aromatic carbocycles. The molecule has 3 heterocycles. The minimum Gasteiger partial charge on any atom is -0.385 e. The van der Waals surface area contributed by atoms with Crippen LogP contribution in [0.5, 0.6) is 0 Å². The molecule has 5 heteroatoms. The second-order valence-corrected chi connectivity index (χ2v) is 5.90. The number of pyridine rings is 1. The number of ether oxygens (including phenoxy) is 1. The van der Waals surface area contributed by atoms with Gasteiger partial charge in [-0.25, -0.2) is 4.98 Å². The second kappa shape index (κ2) is 5.34. The Morgan fingerprint density at radius 2 is 2.18 bits per heavy atom. The molecule has 2 atom stereocenters. The molecule has 3 aromatic rings. The first-order valence-electron chi connectivity index (χ1n) is 7.77. The number of benzene rings is 1. The van der Waals surface area contributed by atoms with Gasteiger partial charge in [0.2, 0.25) is 0 Å². The van der Waals surface area contributed by atoms with Crippen LogP contribution >= 0.6 is 0 Å². The maximum Gasteiger partial charge on any atom is 0.138 e. The first-order valence-corrected chi connectivity index (χ1v) is 7.77. The van der Waals surface area contributed by atoms with E-state index in [4.69, 9.17) is 4.74 Å². The van der Waals surface area contributed by atoms with E-state index in [0.29, 0.717) is 12.4 Å². The lowest BCUT2D eigenvalue weighted by molar-refractivity contribution is 0.0565. The van der Waals surface area contributed by atoms with Crippen molar-refractivity contribution in [2.45, 2.75) is 31.9 Å². The Morgan fingerprint density at radius 3 is 2.95 bits per heavy atom. The van der Waals surface area contributed by atoms with Crippen molar-refractivity contribution in [2.24, 2.45) is 0 Å². The first kappa shape index (κ1) is 13.7. The van der Waals surface area contributed by atoms with Gasteiger partial charge >= 0.3 is 0 Å². The van der Waals surface area contributed by atoms with E-state index in [2.05, 4.69) is 20.6 Å². The molecule has 0 radical (unpaired) electrons. The van der Waals surface area contributed by atoms with Gasteiger partial charge in [-0.05, 0) is 25.8 Å². The van der Waals surface area contributed by atoms with Gasteiger partial charge in [0, 0.05) is 12.0 Å². The van der Waals surface area contributed by atoms with Crippen molar-refractivity contribution in [3.8, 4) is 0 Å². The Morgan fingerprint density at radius 1 is 1.32 bits per heavy atom. The highest BCUT2D eigenvalue weighted by Gasteiger charge is 2.25. The fraction of sp³-hybridized carbons (Fsp3) is 0.412. The van der Waals surface area contributed by atoms with Gasteiger partial charge in [0.05, 0.1) is 29.9 Å². The molecule has 2 aromatic heterocycles. The molecule has 0 aliphatic carbocycles. The van der Waals surface area contributed by atoms with Crippen molar-refractivity contribution in [1.29, 1.82) is 0 Å². The minimum atomic E-state index is -0.618. The van der Waals surface area contributed by atoms with Crippen LogP contribution in [0.2, 0.25) is 0 Å². The van der Waals surface area contributed by atoms with Crippen molar-refractivity contribution in [2.75, 3.05) is 13.2 Å². The molecule has 0 bridgehead atoms. The molecule has 0 spiro atoms. The quantitative estimate of drug-likeness (QED) is 0.790. The summed E-state index contributed by atoms with van der Waals surface area (Å²) in [6.45, 7) is 3.24. The number of imidazole rings is 1. The van der Waals surface area contributed by atoms with Crippen molar-refractivity contribution in [3.63, 3.8) is 0 Å². The van der Waals surface area contributed by atoms with Gasteiger partial charge in [-0.15, -0.1) is 0 Å². The maximum atomic E-state index is 10.2. The van der Waals surface area contributed by atoms with Crippen molar-refractivity contribution >= 4 is 21.9 Å². The number of aromatic nitrogens is 3. The Kier molecular flexibility index (Phi) is 3.32. The van der Waals surface area contributed by atoms with Crippen LogP contribution < -0.4 is 0 Å². The van der Waals surface area contributed by atoms with Crippen molar-refractivity contribution in [3.05, 3.63) is 36.3 Å². The molecule has 0 amide bonds. The van der Waals surface area contributed by atoms with Crippen LogP contribution in [0.1, 0.15) is 37.7 Å². The average Bonchev–Trinajstić information content (AvgIpc) is 2.96. The molecule has 22 heavy (non-hydrogen) atoms. The fourth-order valence-electron chi connectivity index (χ4n) is 3.33. The van der Waals surface area contributed by atoms with Crippen LogP contribution in [-0.2, 0) is 4.74 Å². The van der Waals surface area contributed by atoms with Gasteiger partial charge in [0.15, 0.2) is 0 Å². The zero-order valence-electron chi connectivity index (χ0n) is 12.6. The lowest BCUT2D eigenvalue weighted by Crippen LogP contribution is -2.23. The first-order chi connectivity index (χ1) is 10.8. The monoisotopic (exact) mass is 297 g/mol. The highest BCUT2D eigenvalue weighted by molar-refractivity contribution is 6.02. The van der Waals surface area contributed by atoms with E-state index in [1.165, 1.54) is 0 Å². The van der Waals surface area contributed by atoms with E-state index in [0.717, 1.165) is 41.4 Å². The predicted molar refractivity (Wildman–Crippen MR) is 84.8 cm³/mol. The van der Waals surface area contributed by atoms with E-state index >= 15 is 0 Å². The highest BCUT2D eigenvalue weighted by Crippen LogP contribution is 2.32. The summed E-state index contributed by atoms with van der Waals surface area (Å²) < 4.78 is 7.83. The molecule has 1 fully saturated rings. The third-order valence-electron chi connectivity index (χ3n) is 4.33. The molecule has 1 N–H and O–H groups in total. The molecule has 1 aliphatic rings. The van der Waals surface area contributed by atoms with Crippen LogP contribution in [-0.4, -0.2) is 32.9 Å². The summed E-state index contributed by atoms with van der Waals surface area (Å²) in [6.07, 6.45) is 3.26. The number of aliphatic hydroxyl groups excluding tert-OH is 1. The van der Waals surface area contributed by atoms with Gasteiger partial charge in [0.1, 0.15) is 17.4 Å². The number of aliphatic hydroxyl groups is 1. The van der Waals surface area contributed by atoms with Crippen molar-refractivity contribution in [1.82, 2.24) is 14.5 Å². The largest absolute Gasteiger partial charge is 0.385 e. The fourth-order valence-corrected chi connectivity index (χ4v) is 3.33. The molecule has 0 saturated carbocycles. The standard InChI is InChI=1S/C17H19N3O2/c1-11(21)17-19-15-9-18-14-7-3-2-6-13(14)16(15)20(17)12-5-4-8-22-10-12/h2-3,6-7,9,11-12,21H,4-5,8,10H2,1H3/t11-,12?/m1/s1. The predicted octanol–water partition coefficient (Wildman–Crippen LogP) is 2.99. The number of hydrogen-bond donors (Lipinski definition) is 1. The van der Waals surface area contributed by atoms with E-state index in [1.54, 1.807) is 13.1 Å². The zero-order valence-corrected chi connectivity index (χ0v) is 12.6. The zero-order chi connectivity index (χ0) is 15.1. The average molecular weight is 297 g/mol. The number of para-hydroxylation sites is 1. The normalized spacial score (nSPS) is 20.5. The Bertz CT molecular complexity index is 819. The van der Waals surface area contributed by atoms with Gasteiger partial charge in [-0.2, -0.15) is 0 Å². The smallest absolute Gasteiger partial charge is 0.138 e. The molecular formula is C17H19N3O2. The number of rotatable bonds is 2. The van der Waals surface area contributed by atoms with Crippen molar-refractivity contribution < 1.29 is 9.84 Å². The lowest BCUT2D eigenvalue weighted by Gasteiger charge is -2.26. The molecule has 1 unspecified atom stereocenters. The topological polar surface area (TPSA) is 60.2 Å². The van der Waals surface area contributed by atoms with E-state index in [1.807, 2.05) is 18.2 Å². The summed E-state index contributed by atoms with van der Waals surface area (Å²) >= 11 is 0. The Hall–Kier alpha value is -1.98. The number of fused-ring (bicyclic) bond motifs is 3. The summed E-state index contributed by atoms with van der Waals surface area (Å²) in [5.41, 5.74) is 2.84. The molecule has 114 valence electrons. The lowest BCUT2D eigenvalue weighted by atomic mass is 10.1. The van der Waals surface area contributed by atoms with Gasteiger partial charge in [-0.3, -0.25) is 4.98 Å². The number of hydrogen-bond acceptors (Lipinski definition) is 4. The van der Waals surface area contributed by atoms with Gasteiger partial charge in [-0.1, -0.05) is 18.2 Å². The van der Waals surface area contributed by atoms with E-state index in [-0.39, 0.29) is 6.04 Å². The Labute approximate surface area is 128 Å². The Balaban J connectivity index is 2.04. The van der Waals surface area contributed by atoms with Crippen LogP contribution in [0.4, 0.5) is 0 Å². The molecule has 1 aliphatic heterocycles. The molecule has 4 rings (SSSR count). The SMILES string of the molecule is C[C@@H](O)c1nc2cnc3ccccc3c2n1C1CCCOC1. The highest BCUT2D eigenvalue weighted by atomic mass is 16.5. The molecule has 5 nitrogen and oxygen atoms in total. The molecule has 1 saturated heterocycles. The maximum absolute atomic E-state index is 10.2. The summed E-state index contributed by atoms with van der Waals surface area (Å²) in [4.78, 5) is 9.11. The van der Waals surface area contributed by atoms with Gasteiger partial charge < -0.3 is 14.4 Å². The van der Waals surface area contributed by atoms with Crippen LogP contribution in [0.3, 0.4) is 0 Å². The van der Waals surface area contributed by atoms with Crippen LogP contribution in [0, 0.1) is 0 Å². The third-order valence-corrected chi connectivity index (χ3v) is 4.33. The third kappa shape index (κ3) is 2.09. The minimum absolute atomic E-state index is 0.217. The summed E-state index contributed by atoms with van der Waals surface area (Å²) in [7, 11) is 0. The second-order valence-electron chi connectivity index (χ2n) is 5.90.